The van der Waals surface area contributed by atoms with Gasteiger partial charge in [-0.25, -0.2) is 0 Å². The summed E-state index contributed by atoms with van der Waals surface area (Å²) in [5, 5.41) is 0. The highest BCUT2D eigenvalue weighted by Gasteiger charge is 2.46. The molecule has 0 saturated heterocycles. The Morgan fingerprint density at radius 1 is 0.562 bits per heavy atom. The van der Waals surface area contributed by atoms with E-state index in [0.717, 1.165) is 34.1 Å². The van der Waals surface area contributed by atoms with Crippen LogP contribution in [0.1, 0.15) is 22.3 Å². The number of carbonyl (C=O) groups excluding carboxylic acids is 2. The Labute approximate surface area is 178 Å². The second kappa shape index (κ2) is 6.98. The van der Waals surface area contributed by atoms with E-state index in [4.69, 9.17) is 0 Å². The fourth-order valence-corrected chi connectivity index (χ4v) is 3.84. The van der Waals surface area contributed by atoms with E-state index in [2.05, 4.69) is 0 Å². The van der Waals surface area contributed by atoms with Gasteiger partial charge in [-0.1, -0.05) is 24.3 Å². The van der Waals surface area contributed by atoms with Crippen molar-refractivity contribution in [3.05, 3.63) is 81.9 Å². The van der Waals surface area contributed by atoms with Gasteiger partial charge in [0, 0.05) is 14.1 Å². The van der Waals surface area contributed by atoms with E-state index in [1.54, 1.807) is 0 Å². The second-order valence-electron chi connectivity index (χ2n) is 7.33. The average molecular weight is 452 g/mol. The third kappa shape index (κ3) is 3.26. The Kier molecular flexibility index (Phi) is 4.72. The van der Waals surface area contributed by atoms with Gasteiger partial charge >= 0.3 is 12.4 Å². The van der Waals surface area contributed by atoms with Crippen LogP contribution in [0.25, 0.3) is 11.4 Å². The van der Waals surface area contributed by atoms with Gasteiger partial charge in [-0.15, -0.1) is 0 Å². The summed E-state index contributed by atoms with van der Waals surface area (Å²) >= 11 is 0. The smallest absolute Gasteiger partial charge is 0.310 e. The van der Waals surface area contributed by atoms with E-state index in [1.807, 2.05) is 0 Å². The molecule has 0 atom stereocenters. The quantitative estimate of drug-likeness (QED) is 0.615. The Balaban J connectivity index is 1.86. The number of benzene rings is 2. The lowest BCUT2D eigenvalue weighted by Gasteiger charge is -2.20. The van der Waals surface area contributed by atoms with Crippen LogP contribution in [0.5, 0.6) is 0 Å². The van der Waals surface area contributed by atoms with Crippen LogP contribution < -0.4 is 0 Å². The first-order chi connectivity index (χ1) is 14.8. The van der Waals surface area contributed by atoms with Crippen LogP contribution in [0.2, 0.25) is 0 Å². The van der Waals surface area contributed by atoms with E-state index in [-0.39, 0.29) is 33.7 Å². The number of nitrogens with zero attached hydrogens (tertiary/aromatic N) is 2. The molecule has 0 spiro atoms. The van der Waals surface area contributed by atoms with Crippen LogP contribution in [0.15, 0.2) is 59.7 Å². The zero-order valence-corrected chi connectivity index (χ0v) is 16.6. The largest absolute Gasteiger partial charge is 0.416 e. The first-order valence-electron chi connectivity index (χ1n) is 9.22. The van der Waals surface area contributed by atoms with E-state index in [0.29, 0.717) is 0 Å². The summed E-state index contributed by atoms with van der Waals surface area (Å²) in [5.41, 5.74) is -1.03. The molecule has 0 unspecified atom stereocenters. The summed E-state index contributed by atoms with van der Waals surface area (Å²) in [7, 11) is 2.76. The molecule has 0 N–H and O–H groups in total. The lowest BCUT2D eigenvalue weighted by Crippen LogP contribution is -2.25. The molecular weight excluding hydrogens is 438 g/mol. The second-order valence-corrected chi connectivity index (χ2v) is 7.33. The molecule has 0 saturated carbocycles. The summed E-state index contributed by atoms with van der Waals surface area (Å²) in [6.07, 6.45) is -9.09. The van der Waals surface area contributed by atoms with E-state index in [9.17, 15) is 35.9 Å². The SMILES string of the molecule is CN1C(=O)C2=C(c3ccc(C(F)(F)F)cc3)N(C)C(=O)C2=C1c1ccc(C(F)(F)F)cc1. The van der Waals surface area contributed by atoms with E-state index < -0.39 is 35.3 Å². The highest BCUT2D eigenvalue weighted by Crippen LogP contribution is 2.45. The summed E-state index contributed by atoms with van der Waals surface area (Å²) < 4.78 is 77.3. The standard InChI is InChI=1S/C22H14F6N2O2/c1-29-17(11-3-7-13(8-4-11)21(23,24)25)15-16(19(29)31)18(30(2)20(15)32)12-5-9-14(10-6-12)22(26,27)28/h3-10H,1-2H3. The molecule has 0 bridgehead atoms. The monoisotopic (exact) mass is 452 g/mol. The van der Waals surface area contributed by atoms with Gasteiger partial charge in [0.25, 0.3) is 11.8 Å². The van der Waals surface area contributed by atoms with Gasteiger partial charge in [-0.3, -0.25) is 9.59 Å². The van der Waals surface area contributed by atoms with Crippen LogP contribution in [-0.4, -0.2) is 35.7 Å². The minimum atomic E-state index is -4.54. The number of alkyl halides is 6. The predicted octanol–water partition coefficient (Wildman–Crippen LogP) is 4.79. The highest BCUT2D eigenvalue weighted by molar-refractivity contribution is 6.30. The summed E-state index contributed by atoms with van der Waals surface area (Å²) in [4.78, 5) is 28.3. The molecule has 0 fully saturated rings. The molecule has 2 amide bonds. The Morgan fingerprint density at radius 2 is 0.844 bits per heavy atom. The molecule has 2 aromatic rings. The van der Waals surface area contributed by atoms with Gasteiger partial charge in [0.1, 0.15) is 0 Å². The average Bonchev–Trinajstić information content (AvgIpc) is 3.12. The molecule has 2 aliphatic rings. The fourth-order valence-electron chi connectivity index (χ4n) is 3.84. The number of hydrogen-bond acceptors (Lipinski definition) is 2. The van der Waals surface area contributed by atoms with Gasteiger partial charge < -0.3 is 9.80 Å². The topological polar surface area (TPSA) is 40.6 Å². The molecule has 32 heavy (non-hydrogen) atoms. The van der Waals surface area contributed by atoms with Crippen molar-refractivity contribution in [2.24, 2.45) is 0 Å². The van der Waals surface area contributed by atoms with E-state index in [1.165, 1.54) is 38.4 Å². The van der Waals surface area contributed by atoms with Crippen molar-refractivity contribution in [2.75, 3.05) is 14.1 Å². The highest BCUT2D eigenvalue weighted by atomic mass is 19.4. The van der Waals surface area contributed by atoms with Gasteiger partial charge in [0.05, 0.1) is 33.7 Å². The number of hydrogen-bond donors (Lipinski definition) is 0. The van der Waals surface area contributed by atoms with Crippen LogP contribution in [0.4, 0.5) is 26.3 Å². The lowest BCUT2D eigenvalue weighted by molar-refractivity contribution is -0.138. The Morgan fingerprint density at radius 3 is 1.09 bits per heavy atom. The third-order valence-electron chi connectivity index (χ3n) is 5.40. The summed E-state index contributed by atoms with van der Waals surface area (Å²) in [6, 6.07) is 8.07. The molecule has 4 rings (SSSR count). The van der Waals surface area contributed by atoms with Crippen LogP contribution in [0.3, 0.4) is 0 Å². The molecule has 2 aliphatic heterocycles. The Bertz CT molecular complexity index is 1090. The molecular formula is C22H14F6N2O2. The van der Waals surface area contributed by atoms with E-state index >= 15 is 0 Å². The van der Waals surface area contributed by atoms with Gasteiger partial charge in [0.2, 0.25) is 0 Å². The van der Waals surface area contributed by atoms with Gasteiger partial charge in [0.15, 0.2) is 0 Å². The van der Waals surface area contributed by atoms with Gasteiger partial charge in [-0.2, -0.15) is 26.3 Å². The van der Waals surface area contributed by atoms with Crippen LogP contribution >= 0.6 is 0 Å². The van der Waals surface area contributed by atoms with Crippen molar-refractivity contribution >= 4 is 23.2 Å². The minimum absolute atomic E-state index is 0.00495. The number of likely N-dealkylation sites (N-methyl/N-ethyl adjacent to an activating group) is 2. The number of halogens is 6. The van der Waals surface area contributed by atoms with Gasteiger partial charge in [-0.05, 0) is 35.4 Å². The van der Waals surface area contributed by atoms with Crippen molar-refractivity contribution < 1.29 is 35.9 Å². The van der Waals surface area contributed by atoms with Crippen LogP contribution in [0, 0.1) is 0 Å². The van der Waals surface area contributed by atoms with Crippen molar-refractivity contribution in [1.82, 2.24) is 9.80 Å². The van der Waals surface area contributed by atoms with Crippen molar-refractivity contribution in [3.8, 4) is 0 Å². The maximum atomic E-state index is 13.0. The molecule has 0 aliphatic carbocycles. The number of amides is 2. The lowest BCUT2D eigenvalue weighted by atomic mass is 10.0. The molecule has 166 valence electrons. The molecule has 10 heteroatoms. The molecule has 4 nitrogen and oxygen atoms in total. The zero-order chi connectivity index (χ0) is 23.6. The molecule has 2 heterocycles. The maximum absolute atomic E-state index is 13.0. The number of fused-ring (bicyclic) bond motifs is 1. The maximum Gasteiger partial charge on any atom is 0.416 e. The first-order valence-corrected chi connectivity index (χ1v) is 9.22. The number of carbonyl (C=O) groups is 2. The fraction of sp³-hybridized carbons (Fsp3) is 0.182. The summed E-state index contributed by atoms with van der Waals surface area (Å²) in [6.45, 7) is 0. The van der Waals surface area contributed by atoms with Crippen molar-refractivity contribution in [3.63, 3.8) is 0 Å². The predicted molar refractivity (Wildman–Crippen MR) is 102 cm³/mol. The first kappa shape index (κ1) is 21.7. The van der Waals surface area contributed by atoms with Crippen molar-refractivity contribution in [2.45, 2.75) is 12.4 Å². The normalized spacial score (nSPS) is 17.1. The number of rotatable bonds is 2. The third-order valence-corrected chi connectivity index (χ3v) is 5.40. The Hall–Kier alpha value is -3.56. The van der Waals surface area contributed by atoms with Crippen molar-refractivity contribution in [1.29, 1.82) is 0 Å². The minimum Gasteiger partial charge on any atom is -0.310 e. The zero-order valence-electron chi connectivity index (χ0n) is 16.6. The van der Waals surface area contributed by atoms with Crippen LogP contribution in [-0.2, 0) is 21.9 Å². The summed E-state index contributed by atoms with van der Waals surface area (Å²) in [5.74, 6) is -1.16. The molecule has 2 aromatic carbocycles. The molecule has 0 aromatic heterocycles. The molecule has 0 radical (unpaired) electrons.